The van der Waals surface area contributed by atoms with Crippen molar-refractivity contribution in [3.05, 3.63) is 19.1 Å². The molecule has 0 saturated carbocycles. The van der Waals surface area contributed by atoms with Crippen LogP contribution in [0.3, 0.4) is 0 Å². The molecule has 0 nitrogen and oxygen atoms in total. The van der Waals surface area contributed by atoms with Gasteiger partial charge < -0.3 is 0 Å². The van der Waals surface area contributed by atoms with E-state index in [9.17, 15) is 0 Å². The third-order valence-electron chi connectivity index (χ3n) is 0.500. The van der Waals surface area contributed by atoms with Crippen LogP contribution >= 0.6 is 0 Å². The maximum absolute atomic E-state index is 3.56. The second-order valence-electron chi connectivity index (χ2n) is 1.10. The molecule has 0 fully saturated rings. The Bertz CT molecular complexity index is 39.2. The first-order valence-electron chi connectivity index (χ1n) is 1.77. The second-order valence-corrected chi connectivity index (χ2v) is 1.10. The van der Waals surface area contributed by atoms with Gasteiger partial charge in [-0.3, -0.25) is 0 Å². The van der Waals surface area contributed by atoms with Gasteiger partial charge in [0.25, 0.3) is 0 Å². The molecule has 0 rings (SSSR count). The molecule has 0 heterocycles. The van der Waals surface area contributed by atoms with Crippen molar-refractivity contribution in [3.63, 3.8) is 0 Å². The molecule has 0 aromatic rings. The molecular weight excluding hydrogens is 125 g/mol. The van der Waals surface area contributed by atoms with Crippen LogP contribution in [0.5, 0.6) is 0 Å². The van der Waals surface area contributed by atoms with E-state index in [4.69, 9.17) is 0 Å². The summed E-state index contributed by atoms with van der Waals surface area (Å²) in [6, 6.07) is 0. The zero-order valence-corrected chi connectivity index (χ0v) is 7.30. The van der Waals surface area contributed by atoms with E-state index in [0.717, 1.165) is 12.0 Å². The first kappa shape index (κ1) is 9.53. The van der Waals surface area contributed by atoms with Crippen molar-refractivity contribution in [2.24, 2.45) is 0 Å². The fourth-order valence-electron chi connectivity index (χ4n) is 0. The monoisotopic (exact) mass is 133 g/mol. The molecule has 0 N–H and O–H groups in total. The van der Waals surface area contributed by atoms with E-state index < -0.39 is 0 Å². The van der Waals surface area contributed by atoms with E-state index >= 15 is 0 Å². The summed E-state index contributed by atoms with van der Waals surface area (Å²) in [6.07, 6.45) is 1.00. The Morgan fingerprint density at radius 3 is 2.00 bits per heavy atom. The fourth-order valence-corrected chi connectivity index (χ4v) is 0. The van der Waals surface area contributed by atoms with Gasteiger partial charge in [0.1, 0.15) is 0 Å². The number of rotatable bonds is 1. The van der Waals surface area contributed by atoms with Gasteiger partial charge in [-0.15, -0.1) is 0 Å². The molecule has 0 aliphatic heterocycles. The zero-order valence-electron chi connectivity index (χ0n) is 4.33. The molecule has 0 aliphatic carbocycles. The van der Waals surface area contributed by atoms with Gasteiger partial charge in [-0.25, -0.2) is 19.1 Å². The van der Waals surface area contributed by atoms with E-state index in [2.05, 4.69) is 13.5 Å². The van der Waals surface area contributed by atoms with E-state index in [1.807, 2.05) is 6.92 Å². The van der Waals surface area contributed by atoms with Gasteiger partial charge in [0.2, 0.25) is 0 Å². The van der Waals surface area contributed by atoms with Crippen LogP contribution in [-0.4, -0.2) is 0 Å². The Kier molecular flexibility index (Phi) is 8.31. The first-order valence-corrected chi connectivity index (χ1v) is 1.77. The fraction of sp³-hybridized carbons (Fsp3) is 0.400. The molecule has 1 heteroatoms. The molecule has 0 amide bonds. The van der Waals surface area contributed by atoms with Crippen molar-refractivity contribution in [3.8, 4) is 0 Å². The molecule has 0 bridgehead atoms. The minimum Gasteiger partial charge on any atom is -0.242 e. The Morgan fingerprint density at radius 2 is 2.00 bits per heavy atom. The van der Waals surface area contributed by atoms with Crippen molar-refractivity contribution >= 4 is 0 Å². The van der Waals surface area contributed by atoms with E-state index in [1.54, 1.807) is 0 Å². The molecule has 0 atom stereocenters. The molecule has 0 aromatic heterocycles. The summed E-state index contributed by atoms with van der Waals surface area (Å²) in [6.45, 7) is 9.16. The average Bonchev–Trinajstić information content (AvgIpc) is 1.38. The van der Waals surface area contributed by atoms with E-state index in [1.165, 1.54) is 0 Å². The summed E-state index contributed by atoms with van der Waals surface area (Å²) in [7, 11) is 0. The largest absolute Gasteiger partial charge is 0.242 e. The van der Waals surface area contributed by atoms with Crippen LogP contribution in [0.2, 0.25) is 0 Å². The van der Waals surface area contributed by atoms with Crippen molar-refractivity contribution in [1.82, 2.24) is 0 Å². The molecule has 0 saturated heterocycles. The molecule has 0 aliphatic rings. The first-order chi connectivity index (χ1) is 2.27. The molecule has 0 aromatic carbocycles. The minimum atomic E-state index is 0. The average molecular weight is 135 g/mol. The quantitative estimate of drug-likeness (QED) is 0.379. The number of allylic oxidation sites excluding steroid dienone is 1. The van der Waals surface area contributed by atoms with Crippen LogP contribution in [0, 0.1) is 6.92 Å². The normalized spacial score (nSPS) is 6.17. The van der Waals surface area contributed by atoms with Gasteiger partial charge >= 0.3 is 0 Å². The summed E-state index contributed by atoms with van der Waals surface area (Å²) < 4.78 is 0. The third kappa shape index (κ3) is 8.87. The van der Waals surface area contributed by atoms with Crippen LogP contribution in [0.1, 0.15) is 13.3 Å². The predicted molar refractivity (Wildman–Crippen MR) is 24.8 cm³/mol. The van der Waals surface area contributed by atoms with Gasteiger partial charge in [0.15, 0.2) is 0 Å². The topological polar surface area (TPSA) is 0 Å². The smallest absolute Gasteiger partial charge is 0 e. The third-order valence-corrected chi connectivity index (χ3v) is 0.500. The van der Waals surface area contributed by atoms with Crippen LogP contribution in [0.25, 0.3) is 0 Å². The standard InChI is InChI=1S/C5H9.Zn/c1-4-5(2)3;/h2-4H2,1H3;/q-1;. The Morgan fingerprint density at radius 1 is 1.83 bits per heavy atom. The number of hydrogen-bond donors (Lipinski definition) is 0. The summed E-state index contributed by atoms with van der Waals surface area (Å²) in [5.41, 5.74) is 1.00. The van der Waals surface area contributed by atoms with Gasteiger partial charge in [-0.1, -0.05) is 13.3 Å². The molecule has 32 valence electrons. The number of hydrogen-bond acceptors (Lipinski definition) is 0. The van der Waals surface area contributed by atoms with E-state index in [-0.39, 0.29) is 19.5 Å². The van der Waals surface area contributed by atoms with Gasteiger partial charge in [0, 0.05) is 19.5 Å². The Hall–Kier alpha value is 0.233. The summed E-state index contributed by atoms with van der Waals surface area (Å²) >= 11 is 0. The predicted octanol–water partition coefficient (Wildman–Crippen LogP) is 1.78. The SMILES string of the molecule is C=C([CH2-])CC.[Zn]. The van der Waals surface area contributed by atoms with Crippen molar-refractivity contribution in [2.45, 2.75) is 13.3 Å². The van der Waals surface area contributed by atoms with Gasteiger partial charge in [0.05, 0.1) is 0 Å². The Balaban J connectivity index is 0. The molecular formula is C5H9Zn-. The molecule has 0 spiro atoms. The summed E-state index contributed by atoms with van der Waals surface area (Å²) in [5.74, 6) is 0. The molecule has 0 radical (unpaired) electrons. The van der Waals surface area contributed by atoms with Crippen LogP contribution < -0.4 is 0 Å². The minimum absolute atomic E-state index is 0. The maximum Gasteiger partial charge on any atom is 0 e. The van der Waals surface area contributed by atoms with Crippen molar-refractivity contribution in [1.29, 1.82) is 0 Å². The van der Waals surface area contributed by atoms with Crippen LogP contribution in [0.15, 0.2) is 12.2 Å². The summed E-state index contributed by atoms with van der Waals surface area (Å²) in [5, 5.41) is 0. The van der Waals surface area contributed by atoms with Crippen molar-refractivity contribution < 1.29 is 19.5 Å². The summed E-state index contributed by atoms with van der Waals surface area (Å²) in [4.78, 5) is 0. The maximum atomic E-state index is 3.56. The molecule has 6 heavy (non-hydrogen) atoms. The van der Waals surface area contributed by atoms with E-state index in [0.29, 0.717) is 0 Å². The van der Waals surface area contributed by atoms with Crippen LogP contribution in [-0.2, 0) is 19.5 Å². The second kappa shape index (κ2) is 5.23. The molecule has 0 unspecified atom stereocenters. The van der Waals surface area contributed by atoms with Gasteiger partial charge in [-0.05, 0) is 0 Å². The zero-order chi connectivity index (χ0) is 4.28. The van der Waals surface area contributed by atoms with Crippen LogP contribution in [0.4, 0.5) is 0 Å². The van der Waals surface area contributed by atoms with Crippen molar-refractivity contribution in [2.75, 3.05) is 0 Å². The Labute approximate surface area is 52.4 Å². The van der Waals surface area contributed by atoms with Gasteiger partial charge in [-0.2, -0.15) is 0 Å².